The maximum Gasteiger partial charge on any atom is 0.335 e. The van der Waals surface area contributed by atoms with Crippen molar-refractivity contribution in [1.82, 2.24) is 4.90 Å². The Morgan fingerprint density at radius 3 is 1.87 bits per heavy atom. The van der Waals surface area contributed by atoms with Gasteiger partial charge in [-0.3, -0.25) is 9.59 Å². The molecule has 0 heterocycles. The summed E-state index contributed by atoms with van der Waals surface area (Å²) in [5.74, 6) is -1.18. The fourth-order valence-electron chi connectivity index (χ4n) is 4.98. The van der Waals surface area contributed by atoms with Crippen molar-refractivity contribution >= 4 is 30.3 Å². The molecule has 0 fully saturated rings. The molecule has 0 aliphatic carbocycles. The zero-order valence-electron chi connectivity index (χ0n) is 25.3. The number of nitrogens with zero attached hydrogens (tertiary/aromatic N) is 1. The Balaban J connectivity index is 0.00000552. The summed E-state index contributed by atoms with van der Waals surface area (Å²) in [4.78, 5) is 37.1. The summed E-state index contributed by atoms with van der Waals surface area (Å²) in [7, 11) is 0. The van der Waals surface area contributed by atoms with Crippen molar-refractivity contribution < 1.29 is 29.3 Å². The number of carboxylic acids is 2. The highest BCUT2D eigenvalue weighted by Gasteiger charge is 2.16. The van der Waals surface area contributed by atoms with Gasteiger partial charge in [-0.05, 0) is 78.1 Å². The third kappa shape index (κ3) is 11.8. The molecule has 0 spiro atoms. The van der Waals surface area contributed by atoms with Gasteiger partial charge in [-0.25, -0.2) is 4.79 Å². The van der Waals surface area contributed by atoms with E-state index in [4.69, 9.17) is 9.84 Å². The second-order valence-corrected chi connectivity index (χ2v) is 10.9. The van der Waals surface area contributed by atoms with Crippen molar-refractivity contribution in [3.63, 3.8) is 0 Å². The molecule has 0 aromatic heterocycles. The maximum absolute atomic E-state index is 13.2. The summed E-state index contributed by atoms with van der Waals surface area (Å²) >= 11 is 0. The smallest absolute Gasteiger partial charge is 0.335 e. The van der Waals surface area contributed by atoms with Crippen LogP contribution in [0.3, 0.4) is 0 Å². The number of aliphatic carboxylic acids is 1. The molecule has 0 aliphatic heterocycles. The summed E-state index contributed by atoms with van der Waals surface area (Å²) in [5, 5.41) is 18.1. The summed E-state index contributed by atoms with van der Waals surface area (Å²) in [6.45, 7) is 1.20. The molecule has 0 radical (unpaired) electrons. The number of aromatic carboxylic acids is 1. The second-order valence-electron chi connectivity index (χ2n) is 10.9. The molecule has 0 atom stereocenters. The van der Waals surface area contributed by atoms with Crippen molar-refractivity contribution in [2.45, 2.75) is 58.1 Å². The Hall–Kier alpha value is -4.62. The molecule has 1 amide bonds. The Kier molecular flexibility index (Phi) is 14.1. The molecule has 2 N–H and O–H groups in total. The van der Waals surface area contributed by atoms with E-state index in [-0.39, 0.29) is 36.7 Å². The van der Waals surface area contributed by atoms with Gasteiger partial charge in [-0.1, -0.05) is 84.9 Å². The number of carbonyl (C=O) groups is 3. The average molecular weight is 630 g/mol. The number of ether oxygens (including phenoxy) is 1. The molecule has 4 aromatic rings. The molecule has 0 aliphatic rings. The molecule has 4 aromatic carbocycles. The number of aryl methyl sites for hydroxylation is 2. The van der Waals surface area contributed by atoms with Gasteiger partial charge in [0.05, 0.1) is 5.56 Å². The maximum atomic E-state index is 13.2. The molecule has 0 saturated carbocycles. The largest absolute Gasteiger partial charge is 0.489 e. The minimum Gasteiger partial charge on any atom is -0.489 e. The van der Waals surface area contributed by atoms with Crippen LogP contribution in [0.25, 0.3) is 0 Å². The predicted octanol–water partition coefficient (Wildman–Crippen LogP) is 7.39. The minimum absolute atomic E-state index is 0. The predicted molar refractivity (Wildman–Crippen MR) is 177 cm³/mol. The summed E-state index contributed by atoms with van der Waals surface area (Å²) in [5.41, 5.74) is 5.68. The summed E-state index contributed by atoms with van der Waals surface area (Å²) in [6.07, 6.45) is 3.76. The van der Waals surface area contributed by atoms with Crippen LogP contribution in [0.5, 0.6) is 5.75 Å². The quantitative estimate of drug-likeness (QED) is 0.118. The zero-order chi connectivity index (χ0) is 31.1. The van der Waals surface area contributed by atoms with Crippen LogP contribution in [0.15, 0.2) is 103 Å². The number of amides is 1. The van der Waals surface area contributed by atoms with Crippen molar-refractivity contribution in [2.75, 3.05) is 6.54 Å². The van der Waals surface area contributed by atoms with E-state index in [0.717, 1.165) is 35.3 Å². The minimum atomic E-state index is -1.00. The van der Waals surface area contributed by atoms with Gasteiger partial charge in [0, 0.05) is 25.9 Å². The normalized spacial score (nSPS) is 10.5. The molecule has 0 saturated heterocycles. The van der Waals surface area contributed by atoms with Crippen LogP contribution in [0.4, 0.5) is 0 Å². The number of rotatable bonds is 17. The highest BCUT2D eigenvalue weighted by Crippen LogP contribution is 2.22. The van der Waals surface area contributed by atoms with E-state index < -0.39 is 11.9 Å². The van der Waals surface area contributed by atoms with E-state index in [1.165, 1.54) is 23.3 Å². The first-order valence-electron chi connectivity index (χ1n) is 15.0. The number of carboxylic acid groups (broad SMARTS) is 2. The summed E-state index contributed by atoms with van der Waals surface area (Å²) in [6, 6.07) is 33.3. The fourth-order valence-corrected chi connectivity index (χ4v) is 4.98. The topological polar surface area (TPSA) is 104 Å². The van der Waals surface area contributed by atoms with Gasteiger partial charge in [-0.2, -0.15) is 0 Å². The van der Waals surface area contributed by atoms with Crippen LogP contribution in [-0.4, -0.2) is 39.5 Å². The van der Waals surface area contributed by atoms with Crippen LogP contribution in [0, 0.1) is 0 Å². The highest BCUT2D eigenvalue weighted by molar-refractivity contribution is 5.87. The number of hydrogen-bond acceptors (Lipinski definition) is 4. The number of hydrogen-bond donors (Lipinski definition) is 2. The molecular weight excluding hydrogens is 590 g/mol. The van der Waals surface area contributed by atoms with E-state index in [1.807, 2.05) is 30.3 Å². The van der Waals surface area contributed by atoms with Gasteiger partial charge in [0.1, 0.15) is 12.4 Å². The zero-order valence-corrected chi connectivity index (χ0v) is 26.1. The monoisotopic (exact) mass is 629 g/mol. The van der Waals surface area contributed by atoms with E-state index in [1.54, 1.807) is 17.0 Å². The fraction of sp³-hybridized carbons (Fsp3) is 0.270. The first-order valence-corrected chi connectivity index (χ1v) is 15.0. The lowest BCUT2D eigenvalue weighted by molar-refractivity contribution is -0.137. The third-order valence-electron chi connectivity index (χ3n) is 7.54. The van der Waals surface area contributed by atoms with Gasteiger partial charge in [0.25, 0.3) is 0 Å². The first kappa shape index (κ1) is 34.9. The lowest BCUT2D eigenvalue weighted by Crippen LogP contribution is -2.32. The van der Waals surface area contributed by atoms with E-state index in [2.05, 4.69) is 48.5 Å². The van der Waals surface area contributed by atoms with Crippen LogP contribution in [0.1, 0.15) is 63.9 Å². The number of unbranched alkanes of at least 4 members (excludes halogenated alkanes) is 1. The first-order chi connectivity index (χ1) is 21.4. The Morgan fingerprint density at radius 2 is 1.20 bits per heavy atom. The van der Waals surface area contributed by atoms with Gasteiger partial charge in [0.2, 0.25) is 5.91 Å². The Labute approximate surface area is 270 Å². The second kappa shape index (κ2) is 18.2. The lowest BCUT2D eigenvalue weighted by Gasteiger charge is -2.24. The van der Waals surface area contributed by atoms with Crippen molar-refractivity contribution in [3.8, 4) is 5.75 Å². The van der Waals surface area contributed by atoms with Gasteiger partial charge in [-0.15, -0.1) is 12.4 Å². The van der Waals surface area contributed by atoms with Crippen LogP contribution in [0.2, 0.25) is 0 Å². The molecule has 4 rings (SSSR count). The molecule has 0 bridgehead atoms. The van der Waals surface area contributed by atoms with E-state index in [9.17, 15) is 19.5 Å². The highest BCUT2D eigenvalue weighted by atomic mass is 35.5. The standard InChI is InChI=1S/C37H39NO6.ClH/c39-35(12-6-7-13-36(40)41)38(26-30-20-22-33(23-21-30)37(42)43)25-24-32-10-4-5-11-34(32)44-27-31-18-16-29(17-19-31)15-14-28-8-2-1-3-9-28;/h1-5,8-11,16-23H,6-7,12-15,24-27H2,(H,40,41)(H,42,43);1H. The summed E-state index contributed by atoms with van der Waals surface area (Å²) < 4.78 is 6.23. The number of carbonyl (C=O) groups excluding carboxylic acids is 1. The van der Waals surface area contributed by atoms with Crippen LogP contribution in [-0.2, 0) is 42.0 Å². The third-order valence-corrected chi connectivity index (χ3v) is 7.54. The molecule has 45 heavy (non-hydrogen) atoms. The van der Waals surface area contributed by atoms with Crippen molar-refractivity contribution in [1.29, 1.82) is 0 Å². The van der Waals surface area contributed by atoms with Gasteiger partial charge < -0.3 is 19.8 Å². The van der Waals surface area contributed by atoms with E-state index in [0.29, 0.717) is 39.0 Å². The van der Waals surface area contributed by atoms with Crippen molar-refractivity contribution in [2.24, 2.45) is 0 Å². The van der Waals surface area contributed by atoms with Crippen molar-refractivity contribution in [3.05, 3.63) is 137 Å². The Bertz CT molecular complexity index is 1510. The Morgan fingerprint density at radius 1 is 0.622 bits per heavy atom. The molecule has 236 valence electrons. The molecule has 8 heteroatoms. The molecular formula is C37H40ClNO6. The lowest BCUT2D eigenvalue weighted by atomic mass is 10.0. The van der Waals surface area contributed by atoms with Gasteiger partial charge in [0.15, 0.2) is 0 Å². The number of benzene rings is 4. The molecule has 0 unspecified atom stereocenters. The van der Waals surface area contributed by atoms with Crippen LogP contribution >= 0.6 is 12.4 Å². The molecule has 7 nitrogen and oxygen atoms in total. The number of para-hydroxylation sites is 1. The van der Waals surface area contributed by atoms with Gasteiger partial charge >= 0.3 is 11.9 Å². The number of halogens is 1. The SMILES string of the molecule is Cl.O=C(O)CCCCC(=O)N(CCc1ccccc1OCc1ccc(CCc2ccccc2)cc1)Cc1ccc(C(=O)O)cc1. The van der Waals surface area contributed by atoms with Crippen LogP contribution < -0.4 is 4.74 Å². The van der Waals surface area contributed by atoms with E-state index >= 15 is 0 Å². The average Bonchev–Trinajstić information content (AvgIpc) is 3.04.